The van der Waals surface area contributed by atoms with Crippen LogP contribution in [0.4, 0.5) is 5.82 Å². The van der Waals surface area contributed by atoms with E-state index in [9.17, 15) is 8.42 Å². The van der Waals surface area contributed by atoms with Crippen molar-refractivity contribution in [3.05, 3.63) is 35.9 Å². The van der Waals surface area contributed by atoms with Gasteiger partial charge in [-0.2, -0.15) is 4.31 Å². The Morgan fingerprint density at radius 2 is 1.53 bits per heavy atom. The van der Waals surface area contributed by atoms with E-state index in [4.69, 9.17) is 0 Å². The van der Waals surface area contributed by atoms with Crippen molar-refractivity contribution >= 4 is 15.8 Å². The van der Waals surface area contributed by atoms with Gasteiger partial charge in [0.2, 0.25) is 10.0 Å². The Bertz CT molecular complexity index is 962. The lowest BCUT2D eigenvalue weighted by molar-refractivity contribution is 0.312. The summed E-state index contributed by atoms with van der Waals surface area (Å²) in [4.78, 5) is 4.92. The van der Waals surface area contributed by atoms with Crippen molar-refractivity contribution in [2.24, 2.45) is 0 Å². The van der Waals surface area contributed by atoms with Gasteiger partial charge in [-0.1, -0.05) is 25.0 Å². The van der Waals surface area contributed by atoms with Crippen LogP contribution < -0.4 is 4.90 Å². The first-order valence-corrected chi connectivity index (χ1v) is 12.3. The third kappa shape index (κ3) is 4.50. The zero-order valence-electron chi connectivity index (χ0n) is 17.9. The van der Waals surface area contributed by atoms with Crippen LogP contribution in [0.15, 0.2) is 35.2 Å². The molecule has 0 bridgehead atoms. The number of aromatic nitrogens is 2. The SMILES string of the molecule is Cc1ccc(-c2ccc(N3CCN(C)CC3)nn2)cc1S(=O)(=O)N1CCCCCC1. The Kier molecular flexibility index (Phi) is 6.36. The van der Waals surface area contributed by atoms with E-state index >= 15 is 0 Å². The van der Waals surface area contributed by atoms with Gasteiger partial charge in [0.15, 0.2) is 5.82 Å². The van der Waals surface area contributed by atoms with Gasteiger partial charge in [-0.3, -0.25) is 0 Å². The minimum atomic E-state index is -3.50. The molecule has 0 unspecified atom stereocenters. The highest BCUT2D eigenvalue weighted by molar-refractivity contribution is 7.89. The molecule has 0 N–H and O–H groups in total. The standard InChI is InChI=1S/C22H31N5O2S/c1-18-7-8-19(17-21(18)30(28,29)27-11-5-3-4-6-12-27)20-9-10-22(24-23-20)26-15-13-25(2)14-16-26/h7-10,17H,3-6,11-16H2,1-2H3. The first kappa shape index (κ1) is 21.2. The van der Waals surface area contributed by atoms with Crippen LogP contribution in [0.25, 0.3) is 11.3 Å². The van der Waals surface area contributed by atoms with Gasteiger partial charge in [0.05, 0.1) is 10.6 Å². The normalized spacial score (nSPS) is 19.6. The minimum absolute atomic E-state index is 0.381. The number of hydrogen-bond acceptors (Lipinski definition) is 6. The molecule has 0 aliphatic carbocycles. The zero-order chi connectivity index (χ0) is 21.1. The predicted octanol–water partition coefficient (Wildman–Crippen LogP) is 2.77. The Hall–Kier alpha value is -2.03. The summed E-state index contributed by atoms with van der Waals surface area (Å²) < 4.78 is 28.3. The second kappa shape index (κ2) is 8.99. The smallest absolute Gasteiger partial charge is 0.243 e. The molecule has 1 aromatic carbocycles. The van der Waals surface area contributed by atoms with E-state index in [1.807, 2.05) is 31.2 Å². The maximum atomic E-state index is 13.3. The fraction of sp³-hybridized carbons (Fsp3) is 0.545. The van der Waals surface area contributed by atoms with Gasteiger partial charge >= 0.3 is 0 Å². The fourth-order valence-electron chi connectivity index (χ4n) is 4.14. The molecule has 2 fully saturated rings. The number of hydrogen-bond donors (Lipinski definition) is 0. The lowest BCUT2D eigenvalue weighted by Crippen LogP contribution is -2.44. The molecule has 1 aromatic heterocycles. The molecule has 8 heteroatoms. The Morgan fingerprint density at radius 1 is 0.833 bits per heavy atom. The van der Waals surface area contributed by atoms with Crippen molar-refractivity contribution in [2.45, 2.75) is 37.5 Å². The van der Waals surface area contributed by atoms with Crippen LogP contribution in [0.5, 0.6) is 0 Å². The summed E-state index contributed by atoms with van der Waals surface area (Å²) in [5.41, 5.74) is 2.25. The molecule has 30 heavy (non-hydrogen) atoms. The molecular formula is C22H31N5O2S. The van der Waals surface area contributed by atoms with Crippen LogP contribution in [0, 0.1) is 6.92 Å². The molecule has 0 amide bonds. The van der Waals surface area contributed by atoms with Crippen LogP contribution in [0.1, 0.15) is 31.2 Å². The molecule has 7 nitrogen and oxygen atoms in total. The van der Waals surface area contributed by atoms with Crippen molar-refractivity contribution in [2.75, 3.05) is 51.2 Å². The molecule has 0 saturated carbocycles. The van der Waals surface area contributed by atoms with Crippen LogP contribution in [-0.4, -0.2) is 74.1 Å². The minimum Gasteiger partial charge on any atom is -0.353 e. The largest absolute Gasteiger partial charge is 0.353 e. The summed E-state index contributed by atoms with van der Waals surface area (Å²) in [6.45, 7) is 6.96. The molecule has 3 heterocycles. The number of piperazine rings is 1. The quantitative estimate of drug-likeness (QED) is 0.744. The van der Waals surface area contributed by atoms with Crippen LogP contribution in [-0.2, 0) is 10.0 Å². The highest BCUT2D eigenvalue weighted by Gasteiger charge is 2.27. The molecule has 2 aromatic rings. The number of benzene rings is 1. The summed E-state index contributed by atoms with van der Waals surface area (Å²) in [5, 5.41) is 8.83. The van der Waals surface area contributed by atoms with Crippen LogP contribution in [0.2, 0.25) is 0 Å². The van der Waals surface area contributed by atoms with Gasteiger partial charge < -0.3 is 9.80 Å². The van der Waals surface area contributed by atoms with Crippen molar-refractivity contribution < 1.29 is 8.42 Å². The number of anilines is 1. The molecule has 2 aliphatic rings. The topological polar surface area (TPSA) is 69.6 Å². The average molecular weight is 430 g/mol. The van der Waals surface area contributed by atoms with E-state index in [1.54, 1.807) is 10.4 Å². The van der Waals surface area contributed by atoms with E-state index in [1.165, 1.54) is 0 Å². The molecule has 0 spiro atoms. The summed E-state index contributed by atoms with van der Waals surface area (Å²) in [7, 11) is -1.38. The summed E-state index contributed by atoms with van der Waals surface area (Å²) in [6, 6.07) is 9.48. The second-order valence-corrected chi connectivity index (χ2v) is 10.3. The molecular weight excluding hydrogens is 398 g/mol. The van der Waals surface area contributed by atoms with E-state index in [2.05, 4.69) is 27.0 Å². The van der Waals surface area contributed by atoms with Crippen LogP contribution in [0.3, 0.4) is 0 Å². The second-order valence-electron chi connectivity index (χ2n) is 8.37. The summed E-state index contributed by atoms with van der Waals surface area (Å²) in [6.07, 6.45) is 4.05. The number of likely N-dealkylation sites (N-methyl/N-ethyl adjacent to an activating group) is 1. The predicted molar refractivity (Wildman–Crippen MR) is 119 cm³/mol. The van der Waals surface area contributed by atoms with Crippen molar-refractivity contribution in [1.82, 2.24) is 19.4 Å². The molecule has 2 saturated heterocycles. The summed E-state index contributed by atoms with van der Waals surface area (Å²) >= 11 is 0. The molecule has 162 valence electrons. The van der Waals surface area contributed by atoms with Crippen molar-refractivity contribution in [1.29, 1.82) is 0 Å². The van der Waals surface area contributed by atoms with Gasteiger partial charge in [0.25, 0.3) is 0 Å². The molecule has 4 rings (SSSR count). The van der Waals surface area contributed by atoms with Crippen LogP contribution >= 0.6 is 0 Å². The van der Waals surface area contributed by atoms with Gasteiger partial charge in [-0.25, -0.2) is 8.42 Å². The average Bonchev–Trinajstić information content (AvgIpc) is 3.05. The highest BCUT2D eigenvalue weighted by Crippen LogP contribution is 2.28. The number of nitrogens with zero attached hydrogens (tertiary/aromatic N) is 5. The maximum absolute atomic E-state index is 13.3. The molecule has 0 atom stereocenters. The highest BCUT2D eigenvalue weighted by atomic mass is 32.2. The molecule has 2 aliphatic heterocycles. The summed E-state index contributed by atoms with van der Waals surface area (Å²) in [5.74, 6) is 0.872. The lowest BCUT2D eigenvalue weighted by Gasteiger charge is -2.32. The number of rotatable bonds is 4. The number of sulfonamides is 1. The number of aryl methyl sites for hydroxylation is 1. The van der Waals surface area contributed by atoms with Gasteiger partial charge in [-0.15, -0.1) is 10.2 Å². The first-order chi connectivity index (χ1) is 14.4. The Balaban J connectivity index is 1.58. The first-order valence-electron chi connectivity index (χ1n) is 10.8. The third-order valence-corrected chi connectivity index (χ3v) is 8.19. The maximum Gasteiger partial charge on any atom is 0.243 e. The fourth-order valence-corrected chi connectivity index (χ4v) is 5.91. The molecule has 0 radical (unpaired) electrons. The van der Waals surface area contributed by atoms with Gasteiger partial charge in [0.1, 0.15) is 0 Å². The van der Waals surface area contributed by atoms with Crippen molar-refractivity contribution in [3.63, 3.8) is 0 Å². The van der Waals surface area contributed by atoms with E-state index in [-0.39, 0.29) is 0 Å². The van der Waals surface area contributed by atoms with E-state index in [0.717, 1.165) is 68.8 Å². The van der Waals surface area contributed by atoms with E-state index < -0.39 is 10.0 Å². The van der Waals surface area contributed by atoms with E-state index in [0.29, 0.717) is 23.7 Å². The monoisotopic (exact) mass is 429 g/mol. The van der Waals surface area contributed by atoms with Crippen molar-refractivity contribution in [3.8, 4) is 11.3 Å². The third-order valence-electron chi connectivity index (χ3n) is 6.14. The Labute approximate surface area is 179 Å². The lowest BCUT2D eigenvalue weighted by atomic mass is 10.1. The van der Waals surface area contributed by atoms with Gasteiger partial charge in [0, 0.05) is 44.8 Å². The Morgan fingerprint density at radius 3 is 2.17 bits per heavy atom. The van der Waals surface area contributed by atoms with Gasteiger partial charge in [-0.05, 0) is 50.6 Å². The zero-order valence-corrected chi connectivity index (χ0v) is 18.7.